The maximum absolute atomic E-state index is 11.7. The zero-order chi connectivity index (χ0) is 13.0. The van der Waals surface area contributed by atoms with Gasteiger partial charge >= 0.3 is 0 Å². The van der Waals surface area contributed by atoms with Crippen molar-refractivity contribution < 1.29 is 9.90 Å². The van der Waals surface area contributed by atoms with Crippen LogP contribution in [-0.2, 0) is 4.79 Å². The number of carbonyl (C=O) groups is 1. The normalized spacial score (nSPS) is 28.7. The zero-order valence-corrected chi connectivity index (χ0v) is 10.7. The van der Waals surface area contributed by atoms with Crippen LogP contribution < -0.4 is 0 Å². The third kappa shape index (κ3) is 2.40. The first-order chi connectivity index (χ1) is 8.72. The standard InChI is InChI=1S/C16H20O2/c1-2-6-13-11-16(12-17,10-9-15(13)18)14-7-4-3-5-8-14/h6,9-11,14,17H,1,3-5,7-8,12H2. The molecule has 1 N–H and O–H groups in total. The Morgan fingerprint density at radius 1 is 1.44 bits per heavy atom. The molecule has 0 aromatic rings. The summed E-state index contributed by atoms with van der Waals surface area (Å²) in [5.74, 6) is 0.417. The van der Waals surface area contributed by atoms with Gasteiger partial charge in [0.2, 0.25) is 0 Å². The van der Waals surface area contributed by atoms with Crippen LogP contribution in [0.4, 0.5) is 0 Å². The Kier molecular flexibility index (Phi) is 4.00. The highest BCUT2D eigenvalue weighted by molar-refractivity contribution is 6.07. The summed E-state index contributed by atoms with van der Waals surface area (Å²) in [7, 11) is 0. The number of hydrogen-bond donors (Lipinski definition) is 1. The lowest BCUT2D eigenvalue weighted by atomic mass is 9.66. The first kappa shape index (κ1) is 13.1. The minimum atomic E-state index is -0.364. The van der Waals surface area contributed by atoms with E-state index in [1.165, 1.54) is 19.3 Å². The second-order valence-electron chi connectivity index (χ2n) is 5.25. The molecule has 96 valence electrons. The van der Waals surface area contributed by atoms with Gasteiger partial charge in [-0.3, -0.25) is 4.79 Å². The summed E-state index contributed by atoms with van der Waals surface area (Å²) in [4.78, 5) is 11.7. The van der Waals surface area contributed by atoms with Crippen LogP contribution in [0.5, 0.6) is 0 Å². The maximum Gasteiger partial charge on any atom is 0.185 e. The third-order valence-corrected chi connectivity index (χ3v) is 4.15. The van der Waals surface area contributed by atoms with Crippen LogP contribution in [0.15, 0.2) is 42.2 Å². The summed E-state index contributed by atoms with van der Waals surface area (Å²) in [6.07, 6.45) is 13.0. The van der Waals surface area contributed by atoms with Crippen LogP contribution in [0.3, 0.4) is 0 Å². The minimum Gasteiger partial charge on any atom is -0.395 e. The molecule has 0 spiro atoms. The molecular weight excluding hydrogens is 224 g/mol. The summed E-state index contributed by atoms with van der Waals surface area (Å²) in [6, 6.07) is 0. The Hall–Kier alpha value is -1.37. The van der Waals surface area contributed by atoms with Crippen molar-refractivity contribution in [2.75, 3.05) is 6.61 Å². The second kappa shape index (κ2) is 5.51. The van der Waals surface area contributed by atoms with Gasteiger partial charge in [-0.1, -0.05) is 38.0 Å². The van der Waals surface area contributed by atoms with Crippen LogP contribution >= 0.6 is 0 Å². The third-order valence-electron chi connectivity index (χ3n) is 4.15. The molecule has 0 radical (unpaired) electrons. The molecular formula is C16H20O2. The van der Waals surface area contributed by atoms with Gasteiger partial charge in [0.1, 0.15) is 0 Å². The van der Waals surface area contributed by atoms with E-state index < -0.39 is 0 Å². The average Bonchev–Trinajstić information content (AvgIpc) is 2.43. The van der Waals surface area contributed by atoms with Crippen molar-refractivity contribution in [1.29, 1.82) is 0 Å². The van der Waals surface area contributed by atoms with Crippen molar-refractivity contribution in [1.82, 2.24) is 0 Å². The maximum atomic E-state index is 11.7. The van der Waals surface area contributed by atoms with E-state index in [1.807, 2.05) is 12.2 Å². The Labute approximate surface area is 108 Å². The number of aliphatic hydroxyl groups is 1. The molecule has 0 heterocycles. The van der Waals surface area contributed by atoms with Gasteiger partial charge in [-0.15, -0.1) is 5.73 Å². The molecule has 0 saturated heterocycles. The molecule has 2 nitrogen and oxygen atoms in total. The number of allylic oxidation sites excluding steroid dienone is 3. The number of ketones is 1. The van der Waals surface area contributed by atoms with E-state index in [0.717, 1.165) is 12.8 Å². The van der Waals surface area contributed by atoms with Crippen molar-refractivity contribution in [3.63, 3.8) is 0 Å². The predicted octanol–water partition coefficient (Wildman–Crippen LogP) is 2.95. The van der Waals surface area contributed by atoms with E-state index in [-0.39, 0.29) is 17.8 Å². The lowest BCUT2D eigenvalue weighted by Gasteiger charge is -2.38. The molecule has 2 aliphatic rings. The fraction of sp³-hybridized carbons (Fsp3) is 0.500. The lowest BCUT2D eigenvalue weighted by Crippen LogP contribution is -2.34. The van der Waals surface area contributed by atoms with Gasteiger partial charge in [-0.2, -0.15) is 0 Å². The molecule has 1 unspecified atom stereocenters. The monoisotopic (exact) mass is 244 g/mol. The topological polar surface area (TPSA) is 37.3 Å². The second-order valence-corrected chi connectivity index (χ2v) is 5.25. The molecule has 2 rings (SSSR count). The average molecular weight is 244 g/mol. The Balaban J connectivity index is 2.33. The molecule has 18 heavy (non-hydrogen) atoms. The van der Waals surface area contributed by atoms with Gasteiger partial charge in [-0.05, 0) is 30.9 Å². The summed E-state index contributed by atoms with van der Waals surface area (Å²) < 4.78 is 0. The van der Waals surface area contributed by atoms with Gasteiger partial charge in [-0.25, -0.2) is 0 Å². The largest absolute Gasteiger partial charge is 0.395 e. The van der Waals surface area contributed by atoms with Gasteiger partial charge in [0.25, 0.3) is 0 Å². The van der Waals surface area contributed by atoms with E-state index in [1.54, 1.807) is 12.2 Å². The number of carbonyl (C=O) groups excluding carboxylic acids is 1. The fourth-order valence-electron chi connectivity index (χ4n) is 3.08. The number of hydrogen-bond acceptors (Lipinski definition) is 2. The van der Waals surface area contributed by atoms with E-state index in [2.05, 4.69) is 12.3 Å². The van der Waals surface area contributed by atoms with Crippen molar-refractivity contribution in [2.24, 2.45) is 11.3 Å². The van der Waals surface area contributed by atoms with Gasteiger partial charge in [0.05, 0.1) is 6.61 Å². The predicted molar refractivity (Wildman–Crippen MR) is 72.0 cm³/mol. The quantitative estimate of drug-likeness (QED) is 0.775. The van der Waals surface area contributed by atoms with Crippen molar-refractivity contribution >= 4 is 5.78 Å². The SMILES string of the molecule is C=C=CC1=CC(CO)(C2CCCCC2)C=CC1=O. The number of rotatable bonds is 3. The Morgan fingerprint density at radius 2 is 2.17 bits per heavy atom. The van der Waals surface area contributed by atoms with Crippen molar-refractivity contribution in [3.05, 3.63) is 42.2 Å². The fourth-order valence-corrected chi connectivity index (χ4v) is 3.08. The molecule has 0 aromatic carbocycles. The molecule has 1 saturated carbocycles. The highest BCUT2D eigenvalue weighted by Gasteiger charge is 2.37. The highest BCUT2D eigenvalue weighted by Crippen LogP contribution is 2.43. The Bertz CT molecular complexity index is 432. The van der Waals surface area contributed by atoms with Crippen LogP contribution in [0, 0.1) is 11.3 Å². The van der Waals surface area contributed by atoms with Gasteiger partial charge in [0.15, 0.2) is 5.78 Å². The van der Waals surface area contributed by atoms with E-state index in [9.17, 15) is 9.90 Å². The van der Waals surface area contributed by atoms with Crippen molar-refractivity contribution in [3.8, 4) is 0 Å². The van der Waals surface area contributed by atoms with Crippen molar-refractivity contribution in [2.45, 2.75) is 32.1 Å². The van der Waals surface area contributed by atoms with Crippen LogP contribution in [0.2, 0.25) is 0 Å². The molecule has 1 fully saturated rings. The molecule has 2 heteroatoms. The van der Waals surface area contributed by atoms with Gasteiger partial charge < -0.3 is 5.11 Å². The van der Waals surface area contributed by atoms with E-state index in [0.29, 0.717) is 11.5 Å². The first-order valence-electron chi connectivity index (χ1n) is 6.65. The summed E-state index contributed by atoms with van der Waals surface area (Å²) in [6.45, 7) is 3.58. The van der Waals surface area contributed by atoms with Gasteiger partial charge in [0, 0.05) is 11.0 Å². The zero-order valence-electron chi connectivity index (χ0n) is 10.7. The van der Waals surface area contributed by atoms with E-state index in [4.69, 9.17) is 0 Å². The van der Waals surface area contributed by atoms with E-state index >= 15 is 0 Å². The molecule has 0 aliphatic heterocycles. The molecule has 1 atom stereocenters. The lowest BCUT2D eigenvalue weighted by molar-refractivity contribution is -0.111. The molecule has 2 aliphatic carbocycles. The summed E-state index contributed by atoms with van der Waals surface area (Å²) >= 11 is 0. The summed E-state index contributed by atoms with van der Waals surface area (Å²) in [5, 5.41) is 9.81. The first-order valence-corrected chi connectivity index (χ1v) is 6.65. The van der Waals surface area contributed by atoms with Crippen LogP contribution in [0.1, 0.15) is 32.1 Å². The van der Waals surface area contributed by atoms with Crippen LogP contribution in [0.25, 0.3) is 0 Å². The molecule has 0 aromatic heterocycles. The molecule has 0 bridgehead atoms. The Morgan fingerprint density at radius 3 is 2.78 bits per heavy atom. The summed E-state index contributed by atoms with van der Waals surface area (Å²) in [5.41, 5.74) is 2.89. The highest BCUT2D eigenvalue weighted by atomic mass is 16.3. The minimum absolute atomic E-state index is 0.0222. The van der Waals surface area contributed by atoms with Crippen LogP contribution in [-0.4, -0.2) is 17.5 Å². The number of aliphatic hydroxyl groups excluding tert-OH is 1. The smallest absolute Gasteiger partial charge is 0.185 e. The molecule has 0 amide bonds.